The molecule has 0 spiro atoms. The number of nitrogens with zero attached hydrogens (tertiary/aromatic N) is 2. The van der Waals surface area contributed by atoms with Crippen molar-refractivity contribution >= 4 is 5.78 Å². The fraction of sp³-hybridized carbons (Fsp3) is 0.500. The summed E-state index contributed by atoms with van der Waals surface area (Å²) < 4.78 is 13.3. The average Bonchev–Trinajstić information content (AvgIpc) is 2.34. The minimum atomic E-state index is -0.351. The third kappa shape index (κ3) is 2.60. The lowest BCUT2D eigenvalue weighted by molar-refractivity contribution is 0.0685. The number of rotatable bonds is 2. The SMILES string of the molecule is Cc1ccc(F)cc1C(=O)C1CN(C)CCN1C. The van der Waals surface area contributed by atoms with Crippen molar-refractivity contribution in [2.24, 2.45) is 0 Å². The smallest absolute Gasteiger partial charge is 0.181 e. The van der Waals surface area contributed by atoms with Gasteiger partial charge in [0.05, 0.1) is 6.04 Å². The molecule has 0 bridgehead atoms. The van der Waals surface area contributed by atoms with Gasteiger partial charge in [0.1, 0.15) is 5.82 Å². The molecule has 1 aliphatic heterocycles. The Morgan fingerprint density at radius 3 is 2.78 bits per heavy atom. The minimum Gasteiger partial charge on any atom is -0.303 e. The molecule has 3 nitrogen and oxygen atoms in total. The van der Waals surface area contributed by atoms with Crippen LogP contribution in [0.25, 0.3) is 0 Å². The Kier molecular flexibility index (Phi) is 3.78. The number of ketones is 1. The topological polar surface area (TPSA) is 23.6 Å². The van der Waals surface area contributed by atoms with Gasteiger partial charge in [-0.1, -0.05) is 6.07 Å². The molecule has 0 aliphatic carbocycles. The molecule has 1 unspecified atom stereocenters. The Morgan fingerprint density at radius 2 is 2.06 bits per heavy atom. The Hall–Kier alpha value is -1.26. The summed E-state index contributed by atoms with van der Waals surface area (Å²) in [5.74, 6) is -0.336. The number of halogens is 1. The molecule has 0 saturated carbocycles. The molecule has 98 valence electrons. The van der Waals surface area contributed by atoms with Crippen molar-refractivity contribution in [3.05, 3.63) is 35.1 Å². The van der Waals surface area contributed by atoms with Crippen LogP contribution in [0.5, 0.6) is 0 Å². The summed E-state index contributed by atoms with van der Waals surface area (Å²) >= 11 is 0. The summed E-state index contributed by atoms with van der Waals surface area (Å²) in [5.41, 5.74) is 1.34. The highest BCUT2D eigenvalue weighted by molar-refractivity contribution is 6.01. The standard InChI is InChI=1S/C14H19FN2O/c1-10-4-5-11(15)8-12(10)14(18)13-9-16(2)6-7-17(13)3/h4-5,8,13H,6-7,9H2,1-3H3. The summed E-state index contributed by atoms with van der Waals surface area (Å²) in [6, 6.07) is 4.22. The zero-order valence-electron chi connectivity index (χ0n) is 11.1. The van der Waals surface area contributed by atoms with Crippen molar-refractivity contribution in [2.75, 3.05) is 33.7 Å². The normalized spacial score (nSPS) is 22.1. The molecule has 1 fully saturated rings. The maximum absolute atomic E-state index is 13.3. The van der Waals surface area contributed by atoms with E-state index in [4.69, 9.17) is 0 Å². The van der Waals surface area contributed by atoms with Crippen LogP contribution in [0.3, 0.4) is 0 Å². The van der Waals surface area contributed by atoms with Crippen molar-refractivity contribution in [2.45, 2.75) is 13.0 Å². The van der Waals surface area contributed by atoms with Gasteiger partial charge in [0.25, 0.3) is 0 Å². The van der Waals surface area contributed by atoms with Gasteiger partial charge in [-0.3, -0.25) is 9.69 Å². The van der Waals surface area contributed by atoms with E-state index in [9.17, 15) is 9.18 Å². The summed E-state index contributed by atoms with van der Waals surface area (Å²) in [7, 11) is 3.95. The van der Waals surface area contributed by atoms with Crippen molar-refractivity contribution in [1.29, 1.82) is 0 Å². The summed E-state index contributed by atoms with van der Waals surface area (Å²) in [6.45, 7) is 4.37. The number of piperazine rings is 1. The van der Waals surface area contributed by atoms with Crippen LogP contribution in [0.15, 0.2) is 18.2 Å². The lowest BCUT2D eigenvalue weighted by Crippen LogP contribution is -2.53. The average molecular weight is 250 g/mol. The number of benzene rings is 1. The fourth-order valence-electron chi connectivity index (χ4n) is 2.33. The monoisotopic (exact) mass is 250 g/mol. The van der Waals surface area contributed by atoms with Crippen LogP contribution >= 0.6 is 0 Å². The van der Waals surface area contributed by atoms with Crippen LogP contribution < -0.4 is 0 Å². The van der Waals surface area contributed by atoms with Crippen molar-refractivity contribution < 1.29 is 9.18 Å². The van der Waals surface area contributed by atoms with Crippen LogP contribution in [0.2, 0.25) is 0 Å². The predicted molar refractivity (Wildman–Crippen MR) is 69.4 cm³/mol. The number of hydrogen-bond donors (Lipinski definition) is 0. The third-order valence-electron chi connectivity index (χ3n) is 3.62. The predicted octanol–water partition coefficient (Wildman–Crippen LogP) is 1.56. The van der Waals surface area contributed by atoms with Gasteiger partial charge in [-0.05, 0) is 38.7 Å². The van der Waals surface area contributed by atoms with Crippen molar-refractivity contribution in [1.82, 2.24) is 9.80 Å². The second-order valence-corrected chi connectivity index (χ2v) is 5.08. The lowest BCUT2D eigenvalue weighted by Gasteiger charge is -2.36. The van der Waals surface area contributed by atoms with E-state index in [-0.39, 0.29) is 17.6 Å². The molecule has 18 heavy (non-hydrogen) atoms. The van der Waals surface area contributed by atoms with Crippen LogP contribution in [-0.4, -0.2) is 55.4 Å². The molecular weight excluding hydrogens is 231 g/mol. The molecule has 1 aromatic carbocycles. The number of carbonyl (C=O) groups is 1. The van der Waals surface area contributed by atoms with E-state index >= 15 is 0 Å². The van der Waals surface area contributed by atoms with Gasteiger partial charge in [-0.2, -0.15) is 0 Å². The van der Waals surface area contributed by atoms with Crippen molar-refractivity contribution in [3.8, 4) is 0 Å². The molecule has 0 radical (unpaired) electrons. The number of likely N-dealkylation sites (N-methyl/N-ethyl adjacent to an activating group) is 2. The van der Waals surface area contributed by atoms with Crippen LogP contribution in [-0.2, 0) is 0 Å². The quantitative estimate of drug-likeness (QED) is 0.744. The molecule has 1 aromatic rings. The molecule has 1 atom stereocenters. The van der Waals surface area contributed by atoms with Gasteiger partial charge in [0.2, 0.25) is 0 Å². The van der Waals surface area contributed by atoms with Gasteiger partial charge in [0.15, 0.2) is 5.78 Å². The molecule has 1 aliphatic rings. The number of Topliss-reactive ketones (excluding diaryl/α,β-unsaturated/α-hetero) is 1. The van der Waals surface area contributed by atoms with Gasteiger partial charge in [0, 0.05) is 25.2 Å². The molecule has 0 amide bonds. The van der Waals surface area contributed by atoms with Crippen LogP contribution in [0, 0.1) is 12.7 Å². The zero-order chi connectivity index (χ0) is 13.3. The van der Waals surface area contributed by atoms with Gasteiger partial charge < -0.3 is 4.90 Å². The number of carbonyl (C=O) groups excluding carboxylic acids is 1. The summed E-state index contributed by atoms with van der Waals surface area (Å²) in [6.07, 6.45) is 0. The van der Waals surface area contributed by atoms with E-state index in [1.807, 2.05) is 25.9 Å². The van der Waals surface area contributed by atoms with Gasteiger partial charge >= 0.3 is 0 Å². The van der Waals surface area contributed by atoms with E-state index in [2.05, 4.69) is 4.90 Å². The Bertz CT molecular complexity index is 461. The highest BCUT2D eigenvalue weighted by atomic mass is 19.1. The molecular formula is C14H19FN2O. The van der Waals surface area contributed by atoms with E-state index < -0.39 is 0 Å². The zero-order valence-corrected chi connectivity index (χ0v) is 11.1. The third-order valence-corrected chi connectivity index (χ3v) is 3.62. The Labute approximate surface area is 107 Å². The van der Waals surface area contributed by atoms with Gasteiger partial charge in [-0.25, -0.2) is 4.39 Å². The van der Waals surface area contributed by atoms with Crippen molar-refractivity contribution in [3.63, 3.8) is 0 Å². The molecule has 4 heteroatoms. The molecule has 1 heterocycles. The molecule has 0 aromatic heterocycles. The molecule has 0 N–H and O–H groups in total. The van der Waals surface area contributed by atoms with Crippen LogP contribution in [0.4, 0.5) is 4.39 Å². The molecule has 1 saturated heterocycles. The Balaban J connectivity index is 2.27. The number of aryl methyl sites for hydroxylation is 1. The van der Waals surface area contributed by atoms with E-state index in [1.165, 1.54) is 12.1 Å². The van der Waals surface area contributed by atoms with E-state index in [0.717, 1.165) is 18.7 Å². The maximum Gasteiger partial charge on any atom is 0.181 e. The van der Waals surface area contributed by atoms with E-state index in [0.29, 0.717) is 12.1 Å². The van der Waals surface area contributed by atoms with Crippen LogP contribution in [0.1, 0.15) is 15.9 Å². The highest BCUT2D eigenvalue weighted by Gasteiger charge is 2.29. The largest absolute Gasteiger partial charge is 0.303 e. The fourth-order valence-corrected chi connectivity index (χ4v) is 2.33. The molecule has 2 rings (SSSR count). The van der Waals surface area contributed by atoms with Gasteiger partial charge in [-0.15, -0.1) is 0 Å². The summed E-state index contributed by atoms with van der Waals surface area (Å²) in [4.78, 5) is 16.7. The highest BCUT2D eigenvalue weighted by Crippen LogP contribution is 2.17. The second kappa shape index (κ2) is 5.16. The lowest BCUT2D eigenvalue weighted by atomic mass is 9.97. The second-order valence-electron chi connectivity index (χ2n) is 5.08. The first-order valence-corrected chi connectivity index (χ1v) is 6.18. The first kappa shape index (κ1) is 13.2. The Morgan fingerprint density at radius 1 is 1.33 bits per heavy atom. The minimum absolute atomic E-state index is 0.0149. The summed E-state index contributed by atoms with van der Waals surface area (Å²) in [5, 5.41) is 0. The first-order chi connectivity index (χ1) is 8.49. The maximum atomic E-state index is 13.3. The first-order valence-electron chi connectivity index (χ1n) is 6.18. The van der Waals surface area contributed by atoms with E-state index in [1.54, 1.807) is 6.07 Å². The number of hydrogen-bond acceptors (Lipinski definition) is 3.